The molecule has 1 saturated carbocycles. The van der Waals surface area contributed by atoms with Crippen LogP contribution in [0, 0.1) is 11.6 Å². The molecule has 3 aromatic rings. The molecule has 3 nitrogen and oxygen atoms in total. The maximum atomic E-state index is 15.5. The number of rotatable bonds is 0. The molecule has 1 aliphatic carbocycles. The third-order valence-corrected chi connectivity index (χ3v) is 5.80. The zero-order valence-electron chi connectivity index (χ0n) is 14.8. The molecule has 138 valence electrons. The van der Waals surface area contributed by atoms with Crippen molar-refractivity contribution in [1.29, 1.82) is 0 Å². The molecule has 5 heteroatoms. The van der Waals surface area contributed by atoms with Gasteiger partial charge in [0.1, 0.15) is 35.9 Å². The van der Waals surface area contributed by atoms with E-state index in [0.717, 1.165) is 25.7 Å². The fraction of sp³-hybridized carbons (Fsp3) is 0.318. The Morgan fingerprint density at radius 1 is 1.00 bits per heavy atom. The normalized spacial score (nSPS) is 17.7. The zero-order chi connectivity index (χ0) is 18.4. The second-order valence-corrected chi connectivity index (χ2v) is 7.49. The van der Waals surface area contributed by atoms with Crippen molar-refractivity contribution in [1.82, 2.24) is 4.98 Å². The van der Waals surface area contributed by atoms with Gasteiger partial charge < -0.3 is 9.15 Å². The average Bonchev–Trinajstić information content (AvgIpc) is 3.33. The number of aromatic nitrogens is 1. The molecule has 0 unspecified atom stereocenters. The van der Waals surface area contributed by atoms with Gasteiger partial charge in [0.2, 0.25) is 5.89 Å². The summed E-state index contributed by atoms with van der Waals surface area (Å²) in [6.07, 6.45) is 5.93. The molecule has 0 atom stereocenters. The monoisotopic (exact) mass is 367 g/mol. The first-order valence-electron chi connectivity index (χ1n) is 9.30. The van der Waals surface area contributed by atoms with Gasteiger partial charge >= 0.3 is 0 Å². The van der Waals surface area contributed by atoms with Gasteiger partial charge in [0.25, 0.3) is 0 Å². The summed E-state index contributed by atoms with van der Waals surface area (Å²) in [6.45, 7) is 0.194. The Bertz CT molecular complexity index is 1010. The van der Waals surface area contributed by atoms with E-state index in [1.165, 1.54) is 6.07 Å². The first kappa shape index (κ1) is 16.5. The van der Waals surface area contributed by atoms with Crippen molar-refractivity contribution in [2.45, 2.75) is 44.1 Å². The topological polar surface area (TPSA) is 35.3 Å². The molecule has 0 N–H and O–H groups in total. The summed E-state index contributed by atoms with van der Waals surface area (Å²) < 4.78 is 41.8. The Balaban J connectivity index is 1.75. The lowest BCUT2D eigenvalue weighted by Crippen LogP contribution is -2.26. The first-order chi connectivity index (χ1) is 13.2. The van der Waals surface area contributed by atoms with Crippen LogP contribution in [0.4, 0.5) is 8.78 Å². The lowest BCUT2D eigenvalue weighted by molar-refractivity contribution is 0.301. The molecule has 0 amide bonds. The summed E-state index contributed by atoms with van der Waals surface area (Å²) in [5, 5.41) is 0. The van der Waals surface area contributed by atoms with Crippen molar-refractivity contribution in [2.24, 2.45) is 0 Å². The van der Waals surface area contributed by atoms with Crippen LogP contribution in [0.3, 0.4) is 0 Å². The van der Waals surface area contributed by atoms with Crippen LogP contribution >= 0.6 is 0 Å². The third kappa shape index (κ3) is 2.64. The van der Waals surface area contributed by atoms with Crippen LogP contribution in [0.1, 0.15) is 42.8 Å². The molecule has 2 aliphatic rings. The van der Waals surface area contributed by atoms with Gasteiger partial charge in [-0.15, -0.1) is 0 Å². The van der Waals surface area contributed by atoms with E-state index in [2.05, 4.69) is 4.98 Å². The van der Waals surface area contributed by atoms with Crippen LogP contribution in [-0.4, -0.2) is 4.98 Å². The average molecular weight is 367 g/mol. The van der Waals surface area contributed by atoms with Gasteiger partial charge in [0.05, 0.1) is 11.0 Å². The number of benzene rings is 2. The summed E-state index contributed by atoms with van der Waals surface area (Å²) in [6, 6.07) is 9.84. The minimum Gasteiger partial charge on any atom is -0.487 e. The molecule has 0 saturated heterocycles. The second kappa shape index (κ2) is 6.19. The van der Waals surface area contributed by atoms with E-state index >= 15 is 4.39 Å². The number of hydrogen-bond acceptors (Lipinski definition) is 3. The zero-order valence-corrected chi connectivity index (χ0v) is 14.8. The molecule has 1 spiro atoms. The predicted molar refractivity (Wildman–Crippen MR) is 96.5 cm³/mol. The SMILES string of the molecule is Fc1ccc2c(F)c1-c1ccccc1OCc1coc(n1)C1(CCCC1)C2. The Hall–Kier alpha value is -2.69. The van der Waals surface area contributed by atoms with Crippen LogP contribution in [-0.2, 0) is 18.4 Å². The maximum absolute atomic E-state index is 15.5. The van der Waals surface area contributed by atoms with E-state index in [0.29, 0.717) is 34.9 Å². The molecule has 1 aromatic heterocycles. The van der Waals surface area contributed by atoms with E-state index < -0.39 is 11.6 Å². The number of para-hydroxylation sites is 1. The molecule has 1 aliphatic heterocycles. The Labute approximate surface area is 156 Å². The number of nitrogens with zero attached hydrogens (tertiary/aromatic N) is 1. The van der Waals surface area contributed by atoms with Crippen molar-refractivity contribution >= 4 is 0 Å². The molecule has 5 rings (SSSR count). The van der Waals surface area contributed by atoms with Crippen molar-refractivity contribution in [3.63, 3.8) is 0 Å². The van der Waals surface area contributed by atoms with E-state index in [-0.39, 0.29) is 17.6 Å². The van der Waals surface area contributed by atoms with E-state index in [1.54, 1.807) is 36.6 Å². The van der Waals surface area contributed by atoms with Crippen molar-refractivity contribution in [2.75, 3.05) is 0 Å². The summed E-state index contributed by atoms with van der Waals surface area (Å²) in [4.78, 5) is 4.65. The fourth-order valence-corrected chi connectivity index (χ4v) is 4.43. The van der Waals surface area contributed by atoms with Crippen LogP contribution in [0.15, 0.2) is 47.1 Å². The van der Waals surface area contributed by atoms with Gasteiger partial charge in [-0.05, 0) is 37.0 Å². The van der Waals surface area contributed by atoms with Gasteiger partial charge in [0.15, 0.2) is 0 Å². The molecule has 2 heterocycles. The molecule has 27 heavy (non-hydrogen) atoms. The highest BCUT2D eigenvalue weighted by molar-refractivity contribution is 5.72. The largest absolute Gasteiger partial charge is 0.487 e. The molecule has 4 bridgehead atoms. The molecule has 2 aromatic carbocycles. The lowest BCUT2D eigenvalue weighted by atomic mass is 9.79. The van der Waals surface area contributed by atoms with Crippen LogP contribution in [0.25, 0.3) is 11.1 Å². The highest BCUT2D eigenvalue weighted by Gasteiger charge is 2.41. The Kier molecular flexibility index (Phi) is 3.78. The highest BCUT2D eigenvalue weighted by Crippen LogP contribution is 2.45. The van der Waals surface area contributed by atoms with E-state index in [9.17, 15) is 4.39 Å². The van der Waals surface area contributed by atoms with Gasteiger partial charge in [-0.25, -0.2) is 13.8 Å². The number of halogens is 2. The van der Waals surface area contributed by atoms with Gasteiger partial charge in [0, 0.05) is 5.56 Å². The molecular weight excluding hydrogens is 348 g/mol. The van der Waals surface area contributed by atoms with Gasteiger partial charge in [-0.3, -0.25) is 0 Å². The molecular formula is C22H19F2NO2. The molecule has 0 radical (unpaired) electrons. The first-order valence-corrected chi connectivity index (χ1v) is 9.30. The Morgan fingerprint density at radius 3 is 2.67 bits per heavy atom. The van der Waals surface area contributed by atoms with Crippen LogP contribution in [0.5, 0.6) is 5.75 Å². The minimum absolute atomic E-state index is 0.0268. The maximum Gasteiger partial charge on any atom is 0.200 e. The summed E-state index contributed by atoms with van der Waals surface area (Å²) >= 11 is 0. The van der Waals surface area contributed by atoms with E-state index in [4.69, 9.17) is 9.15 Å². The van der Waals surface area contributed by atoms with Crippen LogP contribution < -0.4 is 4.74 Å². The number of ether oxygens (including phenoxy) is 1. The summed E-state index contributed by atoms with van der Waals surface area (Å²) in [5.74, 6) is -0.0452. The molecule has 1 fully saturated rings. The fourth-order valence-electron chi connectivity index (χ4n) is 4.43. The van der Waals surface area contributed by atoms with Crippen molar-refractivity contribution in [3.8, 4) is 16.9 Å². The minimum atomic E-state index is -0.583. The Morgan fingerprint density at radius 2 is 1.81 bits per heavy atom. The quantitative estimate of drug-likeness (QED) is 0.521. The standard InChI is InChI=1S/C22H19F2NO2/c23-17-8-7-14-11-22(9-3-4-10-22)21-25-15(13-27-21)12-26-18-6-2-1-5-16(18)19(17)20(14)24/h1-2,5-8,13H,3-4,9-12H2. The summed E-state index contributed by atoms with van der Waals surface area (Å²) in [5.41, 5.74) is 1.23. The number of hydrogen-bond donors (Lipinski definition) is 0. The number of fused-ring (bicyclic) bond motifs is 7. The smallest absolute Gasteiger partial charge is 0.200 e. The highest BCUT2D eigenvalue weighted by atomic mass is 19.1. The van der Waals surface area contributed by atoms with Gasteiger partial charge in [-0.1, -0.05) is 37.1 Å². The van der Waals surface area contributed by atoms with E-state index in [1.807, 2.05) is 0 Å². The van der Waals surface area contributed by atoms with Gasteiger partial charge in [-0.2, -0.15) is 0 Å². The third-order valence-electron chi connectivity index (χ3n) is 5.80. The van der Waals surface area contributed by atoms with Crippen molar-refractivity contribution < 1.29 is 17.9 Å². The second-order valence-electron chi connectivity index (χ2n) is 7.49. The summed E-state index contributed by atoms with van der Waals surface area (Å²) in [7, 11) is 0. The number of oxazole rings is 1. The van der Waals surface area contributed by atoms with Crippen LogP contribution in [0.2, 0.25) is 0 Å². The lowest BCUT2D eigenvalue weighted by Gasteiger charge is -2.26. The van der Waals surface area contributed by atoms with Crippen molar-refractivity contribution in [3.05, 3.63) is 71.4 Å². The predicted octanol–water partition coefficient (Wildman–Crippen LogP) is 5.57.